The molecule has 1 N–H and O–H groups in total. The van der Waals surface area contributed by atoms with Crippen molar-refractivity contribution in [2.45, 2.75) is 37.8 Å². The number of terminal acetylenes is 1. The zero-order valence-corrected chi connectivity index (χ0v) is 20.6. The summed E-state index contributed by atoms with van der Waals surface area (Å²) in [5, 5.41) is 3.36. The van der Waals surface area contributed by atoms with E-state index in [1.165, 1.54) is 37.1 Å². The molecular weight excluding hydrogens is 487 g/mol. The minimum Gasteiger partial charge on any atom is -0.373 e. The van der Waals surface area contributed by atoms with Crippen LogP contribution in [0.3, 0.4) is 0 Å². The van der Waals surface area contributed by atoms with Gasteiger partial charge in [-0.05, 0) is 18.9 Å². The van der Waals surface area contributed by atoms with Crippen molar-refractivity contribution in [2.24, 2.45) is 7.05 Å². The van der Waals surface area contributed by atoms with Crippen LogP contribution in [0, 0.1) is 18.2 Å². The average Bonchev–Trinajstić information content (AvgIpc) is 2.89. The van der Waals surface area contributed by atoms with Gasteiger partial charge in [-0.15, -0.1) is 6.42 Å². The zero-order valence-electron chi connectivity index (χ0n) is 20.6. The molecule has 0 bridgehead atoms. The molecular formula is C26H26F3N5O3. The topological polar surface area (TPSA) is 89.4 Å². The first kappa shape index (κ1) is 26.2. The highest BCUT2D eigenvalue weighted by Gasteiger charge is 2.40. The van der Waals surface area contributed by atoms with E-state index in [1.54, 1.807) is 18.0 Å². The van der Waals surface area contributed by atoms with E-state index in [1.807, 2.05) is 0 Å². The van der Waals surface area contributed by atoms with Crippen LogP contribution in [0.4, 0.5) is 19.0 Å². The van der Waals surface area contributed by atoms with Crippen molar-refractivity contribution < 1.29 is 22.7 Å². The van der Waals surface area contributed by atoms with Gasteiger partial charge in [0, 0.05) is 39.7 Å². The quantitative estimate of drug-likeness (QED) is 0.506. The van der Waals surface area contributed by atoms with Gasteiger partial charge in [0.15, 0.2) is 0 Å². The maximum atomic E-state index is 14.8. The van der Waals surface area contributed by atoms with E-state index in [4.69, 9.17) is 11.2 Å². The number of carbonyl (C=O) groups is 1. The second kappa shape index (κ2) is 10.2. The molecule has 1 fully saturated rings. The summed E-state index contributed by atoms with van der Waals surface area (Å²) in [6, 6.07) is 4.12. The molecule has 0 spiro atoms. The first-order valence-electron chi connectivity index (χ1n) is 11.6. The van der Waals surface area contributed by atoms with Crippen LogP contribution in [-0.4, -0.2) is 45.5 Å². The van der Waals surface area contributed by atoms with Crippen LogP contribution in [-0.2, 0) is 22.2 Å². The first-order valence-corrected chi connectivity index (χ1v) is 11.6. The van der Waals surface area contributed by atoms with E-state index in [2.05, 4.69) is 21.2 Å². The van der Waals surface area contributed by atoms with Gasteiger partial charge in [-0.3, -0.25) is 14.2 Å². The van der Waals surface area contributed by atoms with Crippen molar-refractivity contribution in [1.82, 2.24) is 19.4 Å². The van der Waals surface area contributed by atoms with Crippen LogP contribution >= 0.6 is 0 Å². The lowest BCUT2D eigenvalue weighted by atomic mass is 9.84. The van der Waals surface area contributed by atoms with E-state index < -0.39 is 29.4 Å². The number of aryl methyl sites for hydroxylation is 1. The number of rotatable bonds is 6. The van der Waals surface area contributed by atoms with Crippen LogP contribution in [0.1, 0.15) is 48.9 Å². The molecule has 3 heterocycles. The maximum Gasteiger partial charge on any atom is 0.266 e. The fourth-order valence-electron chi connectivity index (χ4n) is 4.78. The number of fused-ring (bicyclic) bond motifs is 1. The van der Waals surface area contributed by atoms with Gasteiger partial charge < -0.3 is 15.0 Å². The Balaban J connectivity index is 1.81. The number of hydrogen-bond donors (Lipinski definition) is 1. The van der Waals surface area contributed by atoms with Gasteiger partial charge in [0.25, 0.3) is 12.0 Å². The van der Waals surface area contributed by atoms with Gasteiger partial charge in [0.05, 0.1) is 16.5 Å². The van der Waals surface area contributed by atoms with E-state index >= 15 is 0 Å². The van der Waals surface area contributed by atoms with Crippen molar-refractivity contribution in [2.75, 3.05) is 25.5 Å². The fraction of sp³-hybridized carbons (Fsp3) is 0.385. The number of likely N-dealkylation sites (tertiary alicyclic amines) is 1. The Kier molecular flexibility index (Phi) is 7.23. The summed E-state index contributed by atoms with van der Waals surface area (Å²) >= 11 is 0. The minimum absolute atomic E-state index is 0.0560. The molecule has 11 heteroatoms. The number of aromatic nitrogens is 3. The van der Waals surface area contributed by atoms with Crippen LogP contribution in [0.25, 0.3) is 11.0 Å². The van der Waals surface area contributed by atoms with Gasteiger partial charge in [-0.1, -0.05) is 24.1 Å². The highest BCUT2D eigenvalue weighted by Crippen LogP contribution is 2.37. The molecule has 0 radical (unpaired) electrons. The first-order chi connectivity index (χ1) is 17.6. The monoisotopic (exact) mass is 513 g/mol. The highest BCUT2D eigenvalue weighted by atomic mass is 19.3. The number of hydrogen-bond acceptors (Lipinski definition) is 6. The molecule has 1 unspecified atom stereocenters. The maximum absolute atomic E-state index is 14.8. The van der Waals surface area contributed by atoms with Crippen LogP contribution < -0.4 is 10.9 Å². The summed E-state index contributed by atoms with van der Waals surface area (Å²) in [4.78, 5) is 35.4. The third-order valence-corrected chi connectivity index (χ3v) is 6.95. The van der Waals surface area contributed by atoms with Gasteiger partial charge in [-0.2, -0.15) is 0 Å². The number of ether oxygens (including phenoxy) is 1. The van der Waals surface area contributed by atoms with Crippen LogP contribution in [0.15, 0.2) is 35.4 Å². The predicted octanol–water partition coefficient (Wildman–Crippen LogP) is 3.68. The second-order valence-corrected chi connectivity index (χ2v) is 8.88. The Morgan fingerprint density at radius 2 is 1.92 bits per heavy atom. The lowest BCUT2D eigenvalue weighted by Crippen LogP contribution is -2.48. The summed E-state index contributed by atoms with van der Waals surface area (Å²) in [5.74, 6) is 1.43. The van der Waals surface area contributed by atoms with E-state index in [0.717, 1.165) is 6.07 Å². The van der Waals surface area contributed by atoms with Gasteiger partial charge >= 0.3 is 0 Å². The molecule has 194 valence electrons. The summed E-state index contributed by atoms with van der Waals surface area (Å²) in [7, 11) is 3.07. The summed E-state index contributed by atoms with van der Waals surface area (Å²) in [6.07, 6.45) is 4.68. The number of methoxy groups -OCH3 is 1. The normalized spacial score (nSPS) is 16.0. The third-order valence-electron chi connectivity index (χ3n) is 6.95. The predicted molar refractivity (Wildman–Crippen MR) is 132 cm³/mol. The molecule has 3 aromatic rings. The minimum atomic E-state index is -3.00. The van der Waals surface area contributed by atoms with Gasteiger partial charge in [0.1, 0.15) is 35.3 Å². The Morgan fingerprint density at radius 1 is 1.24 bits per heavy atom. The summed E-state index contributed by atoms with van der Waals surface area (Å²) < 4.78 is 48.6. The molecule has 2 aromatic heterocycles. The Labute approximate surface area is 211 Å². The molecule has 37 heavy (non-hydrogen) atoms. The Hall–Kier alpha value is -3.91. The molecule has 0 aliphatic carbocycles. The number of nitrogens with one attached hydrogen (secondary N) is 1. The van der Waals surface area contributed by atoms with Crippen LogP contribution in [0.2, 0.25) is 0 Å². The number of carbonyl (C=O) groups excluding carboxylic acids is 1. The highest BCUT2D eigenvalue weighted by molar-refractivity contribution is 5.87. The standard InChI is InChI=1S/C26H26F3N5O3/c1-5-20(16-7-6-8-17(21(16)27)22(28)29)32-23-18-13-19(25(36)33(3)24(18)31-14-30-23)26(37-4)9-11-34(12-10-26)15(2)35/h1,6-8,13-14,20,22H,9-12H2,2-4H3,(H,30,31,32). The smallest absolute Gasteiger partial charge is 0.266 e. The van der Waals surface area contributed by atoms with E-state index in [9.17, 15) is 22.8 Å². The molecule has 8 nitrogen and oxygen atoms in total. The van der Waals surface area contributed by atoms with Crippen molar-refractivity contribution >= 4 is 22.8 Å². The van der Waals surface area contributed by atoms with E-state index in [-0.39, 0.29) is 28.5 Å². The molecule has 0 saturated carbocycles. The van der Waals surface area contributed by atoms with Crippen molar-refractivity contribution in [1.29, 1.82) is 0 Å². The van der Waals surface area contributed by atoms with Crippen LogP contribution in [0.5, 0.6) is 0 Å². The molecule has 1 amide bonds. The molecule has 1 atom stereocenters. The molecule has 1 aliphatic rings. The number of pyridine rings is 1. The number of benzene rings is 1. The second-order valence-electron chi connectivity index (χ2n) is 8.88. The fourth-order valence-corrected chi connectivity index (χ4v) is 4.78. The number of nitrogens with zero attached hydrogens (tertiary/aromatic N) is 4. The summed E-state index contributed by atoms with van der Waals surface area (Å²) in [5.41, 5.74) is -1.52. The molecule has 1 aliphatic heterocycles. The van der Waals surface area contributed by atoms with Crippen molar-refractivity contribution in [3.63, 3.8) is 0 Å². The number of halogens is 3. The van der Waals surface area contributed by atoms with E-state index in [0.29, 0.717) is 36.9 Å². The van der Waals surface area contributed by atoms with Crippen molar-refractivity contribution in [3.8, 4) is 12.3 Å². The molecule has 1 aromatic carbocycles. The molecule has 4 rings (SSSR count). The Bertz CT molecular complexity index is 1440. The van der Waals surface area contributed by atoms with Gasteiger partial charge in [-0.25, -0.2) is 23.1 Å². The Morgan fingerprint density at radius 3 is 2.51 bits per heavy atom. The average molecular weight is 514 g/mol. The summed E-state index contributed by atoms with van der Waals surface area (Å²) in [6.45, 7) is 2.32. The SMILES string of the molecule is C#CC(Nc1ncnc2c1cc(C1(OC)CCN(C(C)=O)CC1)c(=O)n2C)c1cccc(C(F)F)c1F. The largest absolute Gasteiger partial charge is 0.373 e. The number of piperidine rings is 1. The zero-order chi connectivity index (χ0) is 26.9. The number of amides is 1. The lowest BCUT2D eigenvalue weighted by molar-refractivity contribution is -0.135. The third kappa shape index (κ3) is 4.64. The van der Waals surface area contributed by atoms with Crippen molar-refractivity contribution in [3.05, 3.63) is 63.5 Å². The lowest BCUT2D eigenvalue weighted by Gasteiger charge is -2.40. The number of alkyl halides is 2. The molecule has 1 saturated heterocycles. The number of anilines is 1. The van der Waals surface area contributed by atoms with Gasteiger partial charge in [0.2, 0.25) is 5.91 Å².